The maximum Gasteiger partial charge on any atom is 0.0803 e. The van der Waals surface area contributed by atoms with Crippen molar-refractivity contribution in [3.05, 3.63) is 34.9 Å². The molecule has 0 bridgehead atoms. The number of hydrogen-bond donors (Lipinski definition) is 3. The average molecular weight is 431 g/mol. The lowest BCUT2D eigenvalue weighted by Gasteiger charge is -2.43. The van der Waals surface area contributed by atoms with Gasteiger partial charge in [-0.15, -0.1) is 0 Å². The molecule has 3 aliphatic rings. The van der Waals surface area contributed by atoms with Crippen LogP contribution in [0.5, 0.6) is 0 Å². The number of rotatable bonds is 7. The molecule has 31 heavy (non-hydrogen) atoms. The zero-order valence-corrected chi connectivity index (χ0v) is 20.7. The normalized spacial score (nSPS) is 37.8. The van der Waals surface area contributed by atoms with Gasteiger partial charge in [-0.25, -0.2) is 0 Å². The monoisotopic (exact) mass is 430 g/mol. The molecule has 0 amide bonds. The highest BCUT2D eigenvalue weighted by atomic mass is 16.3. The third kappa shape index (κ3) is 5.37. The van der Waals surface area contributed by atoms with Crippen molar-refractivity contribution in [2.75, 3.05) is 0 Å². The van der Waals surface area contributed by atoms with E-state index in [1.807, 2.05) is 27.7 Å². The SMILES string of the molecule is CC1=C(/C=C\C2=CCC[C@@]3(C)[C@@H]2CC[C@@H]3[C@H](C)CCCC(C)(C)O)C[C@@H](O)[C@H](C)[C@@H]1O. The molecule has 3 N–H and O–H groups in total. The highest BCUT2D eigenvalue weighted by Crippen LogP contribution is 2.58. The van der Waals surface area contributed by atoms with Gasteiger partial charge in [0.05, 0.1) is 17.8 Å². The van der Waals surface area contributed by atoms with Crippen LogP contribution in [0.4, 0.5) is 0 Å². The Morgan fingerprint density at radius 3 is 2.61 bits per heavy atom. The van der Waals surface area contributed by atoms with Gasteiger partial charge in [0, 0.05) is 5.92 Å². The molecule has 7 atom stereocenters. The van der Waals surface area contributed by atoms with Gasteiger partial charge < -0.3 is 15.3 Å². The molecule has 0 spiro atoms. The first-order valence-corrected chi connectivity index (χ1v) is 12.6. The molecule has 0 unspecified atom stereocenters. The first-order chi connectivity index (χ1) is 14.4. The van der Waals surface area contributed by atoms with Gasteiger partial charge in [-0.2, -0.15) is 0 Å². The molecule has 3 aliphatic carbocycles. The molecule has 0 aliphatic heterocycles. The second kappa shape index (κ2) is 9.53. The largest absolute Gasteiger partial charge is 0.392 e. The minimum Gasteiger partial charge on any atom is -0.392 e. The summed E-state index contributed by atoms with van der Waals surface area (Å²) in [5, 5.41) is 30.8. The van der Waals surface area contributed by atoms with Crippen molar-refractivity contribution in [3.8, 4) is 0 Å². The molecule has 0 aromatic rings. The van der Waals surface area contributed by atoms with Gasteiger partial charge in [0.2, 0.25) is 0 Å². The van der Waals surface area contributed by atoms with Crippen LogP contribution in [0.15, 0.2) is 34.9 Å². The van der Waals surface area contributed by atoms with Crippen LogP contribution in [0.25, 0.3) is 0 Å². The summed E-state index contributed by atoms with van der Waals surface area (Å²) in [6, 6.07) is 0. The first-order valence-electron chi connectivity index (χ1n) is 12.6. The lowest BCUT2D eigenvalue weighted by Crippen LogP contribution is -2.35. The van der Waals surface area contributed by atoms with Crippen LogP contribution in [-0.2, 0) is 0 Å². The fourth-order valence-electron chi connectivity index (χ4n) is 6.80. The Hall–Kier alpha value is -0.900. The molecule has 0 aromatic carbocycles. The predicted molar refractivity (Wildman–Crippen MR) is 129 cm³/mol. The van der Waals surface area contributed by atoms with Crippen molar-refractivity contribution in [2.45, 2.75) is 111 Å². The van der Waals surface area contributed by atoms with E-state index >= 15 is 0 Å². The molecular formula is C28H46O3. The summed E-state index contributed by atoms with van der Waals surface area (Å²) >= 11 is 0. The standard InChI is InChI=1S/C28H46O3/c1-18(9-7-15-27(4,5)31)23-13-14-24-21(10-8-16-28(23,24)6)11-12-22-17-25(29)20(3)26(30)19(22)2/h10-12,18,20,23-26,29-31H,7-9,13-17H2,1-6H3/b12-11-/t18-,20+,23-,24-,25-,26-,28-/m1/s1. The number of hydrogen-bond acceptors (Lipinski definition) is 3. The topological polar surface area (TPSA) is 60.7 Å². The molecule has 0 saturated heterocycles. The third-order valence-electron chi connectivity index (χ3n) is 8.97. The summed E-state index contributed by atoms with van der Waals surface area (Å²) in [6.07, 6.45) is 14.7. The van der Waals surface area contributed by atoms with E-state index in [4.69, 9.17) is 0 Å². The maximum absolute atomic E-state index is 10.5. The summed E-state index contributed by atoms with van der Waals surface area (Å²) in [5.74, 6) is 1.95. The Morgan fingerprint density at radius 1 is 1.23 bits per heavy atom. The van der Waals surface area contributed by atoms with Crippen LogP contribution in [0.2, 0.25) is 0 Å². The quantitative estimate of drug-likeness (QED) is 0.468. The Balaban J connectivity index is 1.69. The van der Waals surface area contributed by atoms with E-state index in [-0.39, 0.29) is 5.92 Å². The van der Waals surface area contributed by atoms with E-state index in [1.165, 1.54) is 31.3 Å². The smallest absolute Gasteiger partial charge is 0.0803 e. The number of allylic oxidation sites excluding steroid dienone is 4. The minimum atomic E-state index is -0.557. The van der Waals surface area contributed by atoms with Crippen molar-refractivity contribution >= 4 is 0 Å². The Labute approximate surface area is 190 Å². The number of aliphatic hydroxyl groups is 3. The summed E-state index contributed by atoms with van der Waals surface area (Å²) in [5.41, 5.74) is 3.37. The first kappa shape index (κ1) is 24.7. The highest BCUT2D eigenvalue weighted by molar-refractivity contribution is 5.37. The van der Waals surface area contributed by atoms with E-state index in [0.717, 1.165) is 36.3 Å². The molecule has 3 nitrogen and oxygen atoms in total. The third-order valence-corrected chi connectivity index (χ3v) is 8.97. The van der Waals surface area contributed by atoms with Gasteiger partial charge in [-0.1, -0.05) is 51.8 Å². The zero-order valence-electron chi connectivity index (χ0n) is 20.7. The molecule has 3 heteroatoms. The van der Waals surface area contributed by atoms with Crippen molar-refractivity contribution in [1.82, 2.24) is 0 Å². The summed E-state index contributed by atoms with van der Waals surface area (Å²) in [7, 11) is 0. The molecule has 176 valence electrons. The van der Waals surface area contributed by atoms with Gasteiger partial charge in [0.1, 0.15) is 0 Å². The lowest BCUT2D eigenvalue weighted by atomic mass is 9.62. The lowest BCUT2D eigenvalue weighted by molar-refractivity contribution is 0.0299. The number of aliphatic hydroxyl groups excluding tert-OH is 2. The molecule has 3 rings (SSSR count). The highest BCUT2D eigenvalue weighted by Gasteiger charge is 2.49. The Morgan fingerprint density at radius 2 is 1.94 bits per heavy atom. The molecule has 1 saturated carbocycles. The van der Waals surface area contributed by atoms with Crippen LogP contribution >= 0.6 is 0 Å². The van der Waals surface area contributed by atoms with Crippen LogP contribution < -0.4 is 0 Å². The van der Waals surface area contributed by atoms with Crippen LogP contribution in [0, 0.1) is 29.1 Å². The van der Waals surface area contributed by atoms with Crippen LogP contribution in [0.3, 0.4) is 0 Å². The molecular weight excluding hydrogens is 384 g/mol. The van der Waals surface area contributed by atoms with Crippen molar-refractivity contribution in [2.24, 2.45) is 29.1 Å². The predicted octanol–water partition coefficient (Wildman–Crippen LogP) is 5.95. The minimum absolute atomic E-state index is 0.0946. The van der Waals surface area contributed by atoms with Crippen LogP contribution in [-0.4, -0.2) is 33.1 Å². The van der Waals surface area contributed by atoms with Gasteiger partial charge in [-0.3, -0.25) is 0 Å². The van der Waals surface area contributed by atoms with Crippen LogP contribution in [0.1, 0.15) is 92.9 Å². The second-order valence-electron chi connectivity index (χ2n) is 11.8. The van der Waals surface area contributed by atoms with Gasteiger partial charge >= 0.3 is 0 Å². The summed E-state index contributed by atoms with van der Waals surface area (Å²) in [6.45, 7) is 12.7. The summed E-state index contributed by atoms with van der Waals surface area (Å²) in [4.78, 5) is 0. The van der Waals surface area contributed by atoms with Gasteiger partial charge in [-0.05, 0) is 99.2 Å². The maximum atomic E-state index is 10.5. The second-order valence-corrected chi connectivity index (χ2v) is 11.8. The molecule has 0 radical (unpaired) electrons. The van der Waals surface area contributed by atoms with Gasteiger partial charge in [0.25, 0.3) is 0 Å². The van der Waals surface area contributed by atoms with E-state index in [9.17, 15) is 15.3 Å². The fourth-order valence-corrected chi connectivity index (χ4v) is 6.80. The zero-order chi connectivity index (χ0) is 23.0. The van der Waals surface area contributed by atoms with E-state index in [2.05, 4.69) is 32.1 Å². The van der Waals surface area contributed by atoms with E-state index < -0.39 is 17.8 Å². The summed E-state index contributed by atoms with van der Waals surface area (Å²) < 4.78 is 0. The average Bonchev–Trinajstić information content (AvgIpc) is 3.04. The van der Waals surface area contributed by atoms with E-state index in [0.29, 0.717) is 23.7 Å². The van der Waals surface area contributed by atoms with Gasteiger partial charge in [0.15, 0.2) is 0 Å². The van der Waals surface area contributed by atoms with Crippen molar-refractivity contribution in [1.29, 1.82) is 0 Å². The molecule has 1 fully saturated rings. The van der Waals surface area contributed by atoms with Crippen molar-refractivity contribution < 1.29 is 15.3 Å². The van der Waals surface area contributed by atoms with Crippen molar-refractivity contribution in [3.63, 3.8) is 0 Å². The molecule has 0 heterocycles. The van der Waals surface area contributed by atoms with E-state index in [1.54, 1.807) is 0 Å². The Bertz CT molecular complexity index is 725. The molecule has 0 aromatic heterocycles. The fraction of sp³-hybridized carbons (Fsp3) is 0.786. The number of fused-ring (bicyclic) bond motifs is 1. The Kier molecular flexibility index (Phi) is 7.61.